The van der Waals surface area contributed by atoms with Crippen molar-refractivity contribution in [2.24, 2.45) is 5.92 Å². The van der Waals surface area contributed by atoms with Crippen LogP contribution in [-0.4, -0.2) is 38.3 Å². The third-order valence-corrected chi connectivity index (χ3v) is 7.09. The van der Waals surface area contributed by atoms with Crippen LogP contribution in [0.3, 0.4) is 0 Å². The first-order valence-electron chi connectivity index (χ1n) is 9.25. The Kier molecular flexibility index (Phi) is 6.87. The first-order valence-corrected chi connectivity index (χ1v) is 11.1. The zero-order valence-corrected chi connectivity index (χ0v) is 17.1. The summed E-state index contributed by atoms with van der Waals surface area (Å²) in [6.07, 6.45) is 1.38. The Bertz CT molecular complexity index is 993. The molecule has 9 heteroatoms. The van der Waals surface area contributed by atoms with Gasteiger partial charge in [0.1, 0.15) is 0 Å². The first-order chi connectivity index (χ1) is 13.8. The lowest BCUT2D eigenvalue weighted by Crippen LogP contribution is -2.43. The van der Waals surface area contributed by atoms with Gasteiger partial charge in [-0.3, -0.25) is 4.79 Å². The van der Waals surface area contributed by atoms with Gasteiger partial charge in [-0.25, -0.2) is 17.2 Å². The lowest BCUT2D eigenvalue weighted by Gasteiger charge is -2.30. The zero-order chi connectivity index (χ0) is 21.0. The van der Waals surface area contributed by atoms with Gasteiger partial charge in [0, 0.05) is 30.6 Å². The van der Waals surface area contributed by atoms with Gasteiger partial charge in [0.2, 0.25) is 15.9 Å². The summed E-state index contributed by atoms with van der Waals surface area (Å²) in [6.45, 7) is 0.758. The van der Waals surface area contributed by atoms with Gasteiger partial charge in [-0.1, -0.05) is 23.7 Å². The molecule has 1 heterocycles. The summed E-state index contributed by atoms with van der Waals surface area (Å²) in [5, 5.41) is 3.52. The van der Waals surface area contributed by atoms with Crippen LogP contribution < -0.4 is 5.32 Å². The molecule has 0 spiro atoms. The molecule has 0 unspecified atom stereocenters. The minimum Gasteiger partial charge on any atom is -0.356 e. The molecule has 0 aliphatic carbocycles. The quantitative estimate of drug-likeness (QED) is 0.745. The second-order valence-electron chi connectivity index (χ2n) is 6.93. The minimum absolute atomic E-state index is 0.114. The summed E-state index contributed by atoms with van der Waals surface area (Å²) < 4.78 is 52.9. The molecule has 1 N–H and O–H groups in total. The van der Waals surface area contributed by atoms with E-state index in [2.05, 4.69) is 5.32 Å². The molecule has 1 saturated heterocycles. The molecule has 1 fully saturated rings. The molecule has 5 nitrogen and oxygen atoms in total. The van der Waals surface area contributed by atoms with Crippen molar-refractivity contribution in [3.63, 3.8) is 0 Å². The molecule has 1 amide bonds. The van der Waals surface area contributed by atoms with E-state index in [-0.39, 0.29) is 29.8 Å². The van der Waals surface area contributed by atoms with Crippen LogP contribution in [-0.2, 0) is 21.2 Å². The fraction of sp³-hybridized carbons (Fsp3) is 0.350. The van der Waals surface area contributed by atoms with E-state index in [0.29, 0.717) is 36.9 Å². The average Bonchev–Trinajstić information content (AvgIpc) is 2.70. The Hall–Kier alpha value is -2.03. The fourth-order valence-corrected chi connectivity index (χ4v) is 5.01. The van der Waals surface area contributed by atoms with Crippen molar-refractivity contribution in [1.82, 2.24) is 9.62 Å². The van der Waals surface area contributed by atoms with Crippen LogP contribution in [0.1, 0.15) is 18.4 Å². The summed E-state index contributed by atoms with van der Waals surface area (Å²) >= 11 is 5.94. The maximum Gasteiger partial charge on any atom is 0.243 e. The topological polar surface area (TPSA) is 66.5 Å². The van der Waals surface area contributed by atoms with Crippen LogP contribution in [0.5, 0.6) is 0 Å². The van der Waals surface area contributed by atoms with Gasteiger partial charge >= 0.3 is 0 Å². The van der Waals surface area contributed by atoms with Crippen molar-refractivity contribution >= 4 is 27.5 Å². The van der Waals surface area contributed by atoms with E-state index in [1.165, 1.54) is 4.31 Å². The highest BCUT2D eigenvalue weighted by atomic mass is 35.5. The molecule has 0 bridgehead atoms. The first kappa shape index (κ1) is 21.7. The van der Waals surface area contributed by atoms with Crippen molar-refractivity contribution in [2.45, 2.75) is 24.2 Å². The molecule has 0 radical (unpaired) electrons. The summed E-state index contributed by atoms with van der Waals surface area (Å²) in [5.41, 5.74) is 1.02. The lowest BCUT2D eigenvalue weighted by molar-refractivity contribution is -0.126. The SMILES string of the molecule is O=C(NCCc1cccc(Cl)c1)C1CCN(S(=O)(=O)c2ccc(F)c(F)c2)CC1. The van der Waals surface area contributed by atoms with Crippen LogP contribution in [0, 0.1) is 17.6 Å². The third kappa shape index (κ3) is 5.32. The number of nitrogens with one attached hydrogen (secondary N) is 1. The number of amides is 1. The van der Waals surface area contributed by atoms with Gasteiger partial charge in [0.25, 0.3) is 0 Å². The summed E-state index contributed by atoms with van der Waals surface area (Å²) in [7, 11) is -3.93. The van der Waals surface area contributed by atoms with Crippen LogP contribution >= 0.6 is 11.6 Å². The Morgan fingerprint density at radius 1 is 1.10 bits per heavy atom. The van der Waals surface area contributed by atoms with Crippen LogP contribution in [0.15, 0.2) is 47.4 Å². The highest BCUT2D eigenvalue weighted by Crippen LogP contribution is 2.25. The molecule has 3 rings (SSSR count). The van der Waals surface area contributed by atoms with Gasteiger partial charge in [0.05, 0.1) is 4.90 Å². The van der Waals surface area contributed by atoms with Gasteiger partial charge in [-0.2, -0.15) is 4.31 Å². The van der Waals surface area contributed by atoms with Gasteiger partial charge in [-0.15, -0.1) is 0 Å². The molecule has 156 valence electrons. The number of halogens is 3. The van der Waals surface area contributed by atoms with E-state index < -0.39 is 21.7 Å². The van der Waals surface area contributed by atoms with E-state index in [4.69, 9.17) is 11.6 Å². The second kappa shape index (κ2) is 9.19. The molecule has 2 aromatic rings. The fourth-order valence-electron chi connectivity index (χ4n) is 3.31. The Balaban J connectivity index is 1.51. The average molecular weight is 443 g/mol. The zero-order valence-electron chi connectivity index (χ0n) is 15.6. The van der Waals surface area contributed by atoms with Crippen molar-refractivity contribution in [1.29, 1.82) is 0 Å². The third-order valence-electron chi connectivity index (χ3n) is 4.96. The van der Waals surface area contributed by atoms with E-state index in [0.717, 1.165) is 17.7 Å². The molecular formula is C20H21ClF2N2O3S. The number of rotatable bonds is 6. The summed E-state index contributed by atoms with van der Waals surface area (Å²) in [5.74, 6) is -2.71. The standard InChI is InChI=1S/C20H21ClF2N2O3S/c21-16-3-1-2-14(12-16)6-9-24-20(26)15-7-10-25(11-8-15)29(27,28)17-4-5-18(22)19(23)13-17/h1-5,12-13,15H,6-11H2,(H,24,26). The minimum atomic E-state index is -3.93. The monoisotopic (exact) mass is 442 g/mol. The maximum absolute atomic E-state index is 13.4. The summed E-state index contributed by atoms with van der Waals surface area (Å²) in [6, 6.07) is 9.92. The molecule has 0 saturated carbocycles. The number of piperidine rings is 1. The smallest absolute Gasteiger partial charge is 0.243 e. The molecule has 29 heavy (non-hydrogen) atoms. The van der Waals surface area contributed by atoms with E-state index in [1.807, 2.05) is 18.2 Å². The summed E-state index contributed by atoms with van der Waals surface area (Å²) in [4.78, 5) is 12.1. The molecule has 1 aliphatic rings. The van der Waals surface area contributed by atoms with Gasteiger partial charge < -0.3 is 5.32 Å². The molecular weight excluding hydrogens is 422 g/mol. The van der Waals surface area contributed by atoms with Crippen LogP contribution in [0.4, 0.5) is 8.78 Å². The Morgan fingerprint density at radius 2 is 1.83 bits per heavy atom. The normalized spacial score (nSPS) is 16.0. The van der Waals surface area contributed by atoms with Crippen molar-refractivity contribution in [2.75, 3.05) is 19.6 Å². The Morgan fingerprint density at radius 3 is 2.48 bits per heavy atom. The number of carbonyl (C=O) groups excluding carboxylic acids is 1. The number of benzene rings is 2. The van der Waals surface area contributed by atoms with E-state index >= 15 is 0 Å². The molecule has 0 aromatic heterocycles. The number of sulfonamides is 1. The van der Waals surface area contributed by atoms with E-state index in [9.17, 15) is 22.0 Å². The predicted octanol–water partition coefficient (Wildman–Crippen LogP) is 3.38. The largest absolute Gasteiger partial charge is 0.356 e. The molecule has 0 atom stereocenters. The number of hydrogen-bond donors (Lipinski definition) is 1. The lowest BCUT2D eigenvalue weighted by atomic mass is 9.97. The Labute approximate surface area is 173 Å². The maximum atomic E-state index is 13.4. The second-order valence-corrected chi connectivity index (χ2v) is 9.30. The molecule has 2 aromatic carbocycles. The van der Waals surface area contributed by atoms with Crippen molar-refractivity contribution in [3.8, 4) is 0 Å². The van der Waals surface area contributed by atoms with Gasteiger partial charge in [0.15, 0.2) is 11.6 Å². The molecule has 1 aliphatic heterocycles. The van der Waals surface area contributed by atoms with Crippen molar-refractivity contribution < 1.29 is 22.0 Å². The van der Waals surface area contributed by atoms with Crippen LogP contribution in [0.2, 0.25) is 5.02 Å². The number of nitrogens with zero attached hydrogens (tertiary/aromatic N) is 1. The van der Waals surface area contributed by atoms with Crippen LogP contribution in [0.25, 0.3) is 0 Å². The highest BCUT2D eigenvalue weighted by molar-refractivity contribution is 7.89. The number of carbonyl (C=O) groups is 1. The highest BCUT2D eigenvalue weighted by Gasteiger charge is 2.32. The predicted molar refractivity (Wildman–Crippen MR) is 106 cm³/mol. The van der Waals surface area contributed by atoms with Crippen molar-refractivity contribution in [3.05, 3.63) is 64.7 Å². The van der Waals surface area contributed by atoms with E-state index in [1.54, 1.807) is 6.07 Å². The number of hydrogen-bond acceptors (Lipinski definition) is 3. The van der Waals surface area contributed by atoms with Gasteiger partial charge in [-0.05, 0) is 55.2 Å².